The van der Waals surface area contributed by atoms with Crippen LogP contribution in [0.25, 0.3) is 0 Å². The Morgan fingerprint density at radius 3 is 1.89 bits per heavy atom. The van der Waals surface area contributed by atoms with Gasteiger partial charge in [-0.1, -0.05) is 0 Å². The molecule has 19 heavy (non-hydrogen) atoms. The summed E-state index contributed by atoms with van der Waals surface area (Å²) < 4.78 is 0.892. The molecule has 0 atom stereocenters. The molecule has 0 radical (unpaired) electrons. The lowest BCUT2D eigenvalue weighted by atomic mass is 10.2. The summed E-state index contributed by atoms with van der Waals surface area (Å²) in [7, 11) is 0. The Morgan fingerprint density at radius 2 is 1.53 bits per heavy atom. The number of carboxylic acid groups (broad SMARTS) is 1. The van der Waals surface area contributed by atoms with Gasteiger partial charge in [0.05, 0.1) is 15.7 Å². The second-order valence-corrected chi connectivity index (χ2v) is 6.06. The van der Waals surface area contributed by atoms with Crippen molar-refractivity contribution >= 4 is 71.3 Å². The lowest BCUT2D eigenvalue weighted by Crippen LogP contribution is -2.34. The lowest BCUT2D eigenvalue weighted by molar-refractivity contribution is -0.124. The maximum atomic E-state index is 11.6. The number of halogens is 3. The normalized spacial score (nSPS) is 10.2. The first-order chi connectivity index (χ1) is 8.68. The summed E-state index contributed by atoms with van der Waals surface area (Å²) in [6.07, 6.45) is 0. The zero-order chi connectivity index (χ0) is 14.9. The van der Waals surface area contributed by atoms with E-state index in [0.717, 1.165) is 4.90 Å². The van der Waals surface area contributed by atoms with E-state index in [2.05, 4.69) is 47.8 Å². The number of aromatic carboxylic acids is 1. The minimum absolute atomic E-state index is 0.0642. The van der Waals surface area contributed by atoms with E-state index in [-0.39, 0.29) is 15.7 Å². The first-order valence-electron chi connectivity index (χ1n) is 4.90. The summed E-state index contributed by atoms with van der Waals surface area (Å²) in [5.74, 6) is -2.19. The van der Waals surface area contributed by atoms with Crippen LogP contribution in [0, 0.1) is 0 Å². The Kier molecular flexibility index (Phi) is 5.28. The zero-order valence-corrected chi connectivity index (χ0v) is 14.6. The van der Waals surface area contributed by atoms with Gasteiger partial charge in [0.15, 0.2) is 0 Å². The molecular formula is C11H8Br3NO4. The molecule has 5 nitrogen and oxygen atoms in total. The van der Waals surface area contributed by atoms with Crippen molar-refractivity contribution in [3.8, 4) is 0 Å². The minimum atomic E-state index is -1.18. The molecule has 0 bridgehead atoms. The Balaban J connectivity index is 3.68. The third-order valence-corrected chi connectivity index (χ3v) is 4.22. The molecule has 102 valence electrons. The van der Waals surface area contributed by atoms with Crippen molar-refractivity contribution in [2.24, 2.45) is 0 Å². The summed E-state index contributed by atoms with van der Waals surface area (Å²) in [6.45, 7) is 2.45. The molecule has 1 N–H and O–H groups in total. The number of rotatable bonds is 2. The van der Waals surface area contributed by atoms with Crippen LogP contribution in [0.4, 0.5) is 5.69 Å². The van der Waals surface area contributed by atoms with Crippen LogP contribution in [0.2, 0.25) is 0 Å². The maximum absolute atomic E-state index is 11.6. The molecule has 0 unspecified atom stereocenters. The number of nitrogens with zero attached hydrogens (tertiary/aromatic N) is 1. The van der Waals surface area contributed by atoms with Gasteiger partial charge in [0.2, 0.25) is 11.8 Å². The quantitative estimate of drug-likeness (QED) is 0.736. The Labute approximate surface area is 134 Å². The Hall–Kier alpha value is -0.730. The van der Waals surface area contributed by atoms with E-state index < -0.39 is 17.8 Å². The number of imide groups is 1. The molecule has 0 fully saturated rings. The van der Waals surface area contributed by atoms with Gasteiger partial charge in [0, 0.05) is 22.8 Å². The molecule has 2 amide bonds. The summed E-state index contributed by atoms with van der Waals surface area (Å²) in [6, 6.07) is 1.47. The number of hydrogen-bond acceptors (Lipinski definition) is 3. The van der Waals surface area contributed by atoms with Crippen LogP contribution in [-0.4, -0.2) is 22.9 Å². The van der Waals surface area contributed by atoms with Crippen LogP contribution in [0.5, 0.6) is 0 Å². The number of anilines is 1. The minimum Gasteiger partial charge on any atom is -0.478 e. The van der Waals surface area contributed by atoms with Gasteiger partial charge in [-0.3, -0.25) is 9.59 Å². The molecule has 0 saturated heterocycles. The van der Waals surface area contributed by atoms with Gasteiger partial charge >= 0.3 is 5.97 Å². The smallest absolute Gasteiger partial charge is 0.338 e. The molecule has 8 heteroatoms. The fraction of sp³-hybridized carbons (Fsp3) is 0.182. The predicted molar refractivity (Wildman–Crippen MR) is 80.3 cm³/mol. The predicted octanol–water partition coefficient (Wildman–Crippen LogP) is 3.57. The van der Waals surface area contributed by atoms with Gasteiger partial charge in [-0.25, -0.2) is 9.69 Å². The number of carbonyl (C=O) groups excluding carboxylic acids is 2. The molecular weight excluding hydrogens is 450 g/mol. The average molecular weight is 458 g/mol. The monoisotopic (exact) mass is 455 g/mol. The van der Waals surface area contributed by atoms with Gasteiger partial charge < -0.3 is 5.11 Å². The number of amides is 2. The summed E-state index contributed by atoms with van der Waals surface area (Å²) >= 11 is 9.48. The van der Waals surface area contributed by atoms with Crippen molar-refractivity contribution in [1.82, 2.24) is 0 Å². The fourth-order valence-electron chi connectivity index (χ4n) is 1.52. The molecule has 1 aromatic rings. The first-order valence-corrected chi connectivity index (χ1v) is 7.28. The molecule has 1 rings (SSSR count). The van der Waals surface area contributed by atoms with Crippen molar-refractivity contribution in [2.75, 3.05) is 4.90 Å². The Morgan fingerprint density at radius 1 is 1.05 bits per heavy atom. The van der Waals surface area contributed by atoms with Gasteiger partial charge in [-0.15, -0.1) is 0 Å². The highest BCUT2D eigenvalue weighted by molar-refractivity contribution is 9.11. The number of carbonyl (C=O) groups is 3. The summed E-state index contributed by atoms with van der Waals surface area (Å²) in [4.78, 5) is 35.2. The maximum Gasteiger partial charge on any atom is 0.338 e. The molecule has 0 aromatic heterocycles. The van der Waals surface area contributed by atoms with E-state index in [1.807, 2.05) is 0 Å². The zero-order valence-electron chi connectivity index (χ0n) is 9.83. The van der Waals surface area contributed by atoms with Crippen LogP contribution in [-0.2, 0) is 9.59 Å². The van der Waals surface area contributed by atoms with Gasteiger partial charge in [-0.2, -0.15) is 0 Å². The summed E-state index contributed by atoms with van der Waals surface area (Å²) in [5.41, 5.74) is 0.103. The second kappa shape index (κ2) is 6.15. The number of hydrogen-bond donors (Lipinski definition) is 1. The van der Waals surface area contributed by atoms with E-state index in [0.29, 0.717) is 8.95 Å². The highest BCUT2D eigenvalue weighted by Gasteiger charge is 2.27. The van der Waals surface area contributed by atoms with Crippen molar-refractivity contribution in [3.63, 3.8) is 0 Å². The number of carboxylic acids is 1. The highest BCUT2D eigenvalue weighted by Crippen LogP contribution is 2.41. The van der Waals surface area contributed by atoms with Gasteiger partial charge in [0.25, 0.3) is 0 Å². The number of benzene rings is 1. The lowest BCUT2D eigenvalue weighted by Gasteiger charge is -2.21. The van der Waals surface area contributed by atoms with E-state index in [1.54, 1.807) is 0 Å². The SMILES string of the molecule is CC(=O)N(C(C)=O)c1c(Br)cc(Br)c(C(=O)O)c1Br. The van der Waals surface area contributed by atoms with E-state index >= 15 is 0 Å². The topological polar surface area (TPSA) is 74.7 Å². The first kappa shape index (κ1) is 16.3. The van der Waals surface area contributed by atoms with Crippen molar-refractivity contribution in [1.29, 1.82) is 0 Å². The molecule has 1 aromatic carbocycles. The van der Waals surface area contributed by atoms with E-state index in [1.165, 1.54) is 19.9 Å². The van der Waals surface area contributed by atoms with Gasteiger partial charge in [0.1, 0.15) is 0 Å². The second-order valence-electron chi connectivity index (χ2n) is 3.56. The standard InChI is InChI=1S/C11H8Br3NO4/c1-4(16)15(5(2)17)10-7(13)3-6(12)8(9(10)14)11(18)19/h3H,1-2H3,(H,18,19). The Bertz CT molecular complexity index is 572. The largest absolute Gasteiger partial charge is 0.478 e. The van der Waals surface area contributed by atoms with Gasteiger partial charge in [-0.05, 0) is 53.9 Å². The van der Waals surface area contributed by atoms with Crippen LogP contribution in [0.3, 0.4) is 0 Å². The summed E-state index contributed by atoms with van der Waals surface area (Å²) in [5, 5.41) is 9.16. The fourth-order valence-corrected chi connectivity index (χ4v) is 4.33. The molecule has 0 aliphatic heterocycles. The molecule has 0 spiro atoms. The van der Waals surface area contributed by atoms with Crippen molar-refractivity contribution in [3.05, 3.63) is 25.0 Å². The molecule has 0 aliphatic carbocycles. The van der Waals surface area contributed by atoms with E-state index in [9.17, 15) is 14.4 Å². The van der Waals surface area contributed by atoms with E-state index in [4.69, 9.17) is 5.11 Å². The van der Waals surface area contributed by atoms with Crippen LogP contribution < -0.4 is 4.90 Å². The molecule has 0 heterocycles. The highest BCUT2D eigenvalue weighted by atomic mass is 79.9. The average Bonchev–Trinajstić information content (AvgIpc) is 2.21. The molecule has 0 aliphatic rings. The third-order valence-electron chi connectivity index (χ3n) is 2.21. The van der Waals surface area contributed by atoms with Crippen LogP contribution >= 0.6 is 47.8 Å². The van der Waals surface area contributed by atoms with Crippen molar-refractivity contribution in [2.45, 2.75) is 13.8 Å². The third kappa shape index (κ3) is 3.24. The van der Waals surface area contributed by atoms with Crippen molar-refractivity contribution < 1.29 is 19.5 Å². The van der Waals surface area contributed by atoms with Crippen LogP contribution in [0.1, 0.15) is 24.2 Å². The van der Waals surface area contributed by atoms with Crippen LogP contribution in [0.15, 0.2) is 19.5 Å². The molecule has 0 saturated carbocycles.